The van der Waals surface area contributed by atoms with E-state index in [4.69, 9.17) is 4.74 Å². The number of Topliss-reactive ketones (excluding diaryl/α,β-unsaturated/α-hetero) is 1. The average Bonchev–Trinajstić information content (AvgIpc) is 3.54. The Bertz CT molecular complexity index is 1390. The molecule has 3 aromatic carbocycles. The van der Waals surface area contributed by atoms with Crippen LogP contribution < -0.4 is 10.1 Å². The largest absolute Gasteiger partial charge is 0.457 e. The summed E-state index contributed by atoms with van der Waals surface area (Å²) in [6, 6.07) is 23.1. The second kappa shape index (κ2) is 11.7. The lowest BCUT2D eigenvalue weighted by Gasteiger charge is -2.29. The lowest BCUT2D eigenvalue weighted by atomic mass is 10.0. The maximum absolute atomic E-state index is 13.8. The Balaban J connectivity index is 1.30. The van der Waals surface area contributed by atoms with Gasteiger partial charge in [0.15, 0.2) is 5.78 Å². The summed E-state index contributed by atoms with van der Waals surface area (Å²) in [5.41, 5.74) is 0.884. The van der Waals surface area contributed by atoms with Crippen molar-refractivity contribution in [1.29, 1.82) is 0 Å². The molecule has 2 saturated heterocycles. The summed E-state index contributed by atoms with van der Waals surface area (Å²) < 4.78 is 5.86. The third kappa shape index (κ3) is 5.76. The third-order valence-electron chi connectivity index (χ3n) is 7.37. The number of hydrogen-bond acceptors (Lipinski definition) is 5. The molecule has 3 aromatic rings. The Labute approximate surface area is 233 Å². The fourth-order valence-electron chi connectivity index (χ4n) is 5.55. The van der Waals surface area contributed by atoms with E-state index in [9.17, 15) is 19.2 Å². The van der Waals surface area contributed by atoms with Gasteiger partial charge in [0.2, 0.25) is 5.91 Å². The SMILES string of the molecule is CC(C)CC(NC(=O)c1cccc(Oc2ccccc2)c1)C(=O)N1CCC2C1C(=O)CN2C(=O)c1ccccc1. The molecule has 40 heavy (non-hydrogen) atoms. The van der Waals surface area contributed by atoms with Crippen molar-refractivity contribution < 1.29 is 23.9 Å². The van der Waals surface area contributed by atoms with E-state index in [1.807, 2.05) is 50.2 Å². The number of nitrogens with one attached hydrogen (secondary N) is 1. The van der Waals surface area contributed by atoms with E-state index in [1.165, 1.54) is 0 Å². The van der Waals surface area contributed by atoms with E-state index < -0.39 is 18.0 Å². The number of fused-ring (bicyclic) bond motifs is 1. The van der Waals surface area contributed by atoms with E-state index in [0.29, 0.717) is 42.0 Å². The normalized spacial score (nSPS) is 18.9. The molecule has 8 heteroatoms. The lowest BCUT2D eigenvalue weighted by molar-refractivity contribution is -0.138. The van der Waals surface area contributed by atoms with Crippen LogP contribution in [0.4, 0.5) is 0 Å². The summed E-state index contributed by atoms with van der Waals surface area (Å²) >= 11 is 0. The molecular formula is C32H33N3O5. The molecule has 3 unspecified atom stereocenters. The maximum Gasteiger partial charge on any atom is 0.254 e. The number of carbonyl (C=O) groups is 4. The van der Waals surface area contributed by atoms with Crippen molar-refractivity contribution in [2.24, 2.45) is 5.92 Å². The molecule has 0 aromatic heterocycles. The van der Waals surface area contributed by atoms with Crippen LogP contribution in [0.5, 0.6) is 11.5 Å². The van der Waals surface area contributed by atoms with Crippen molar-refractivity contribution in [3.05, 3.63) is 96.1 Å². The second-order valence-corrected chi connectivity index (χ2v) is 10.7. The van der Waals surface area contributed by atoms with Crippen molar-refractivity contribution in [3.63, 3.8) is 0 Å². The zero-order chi connectivity index (χ0) is 28.2. The van der Waals surface area contributed by atoms with Crippen LogP contribution in [-0.2, 0) is 9.59 Å². The van der Waals surface area contributed by atoms with E-state index in [0.717, 1.165) is 0 Å². The highest BCUT2D eigenvalue weighted by Gasteiger charge is 2.52. The van der Waals surface area contributed by atoms with E-state index in [1.54, 1.807) is 58.3 Å². The topological polar surface area (TPSA) is 96.0 Å². The molecule has 2 aliphatic heterocycles. The van der Waals surface area contributed by atoms with Crippen LogP contribution in [0.3, 0.4) is 0 Å². The molecular weight excluding hydrogens is 506 g/mol. The molecule has 0 aliphatic carbocycles. The van der Waals surface area contributed by atoms with Crippen LogP contribution in [0.2, 0.25) is 0 Å². The van der Waals surface area contributed by atoms with Crippen LogP contribution in [0.25, 0.3) is 0 Å². The molecule has 2 heterocycles. The minimum Gasteiger partial charge on any atom is -0.457 e. The van der Waals surface area contributed by atoms with Gasteiger partial charge in [0.1, 0.15) is 23.6 Å². The van der Waals surface area contributed by atoms with Gasteiger partial charge in [-0.25, -0.2) is 0 Å². The van der Waals surface area contributed by atoms with Crippen LogP contribution >= 0.6 is 0 Å². The zero-order valence-corrected chi connectivity index (χ0v) is 22.7. The van der Waals surface area contributed by atoms with Gasteiger partial charge in [0.05, 0.1) is 12.6 Å². The van der Waals surface area contributed by atoms with Crippen molar-refractivity contribution in [1.82, 2.24) is 15.1 Å². The number of rotatable bonds is 8. The number of para-hydroxylation sites is 1. The van der Waals surface area contributed by atoms with Gasteiger partial charge in [-0.1, -0.05) is 56.3 Å². The Morgan fingerprint density at radius 3 is 2.23 bits per heavy atom. The summed E-state index contributed by atoms with van der Waals surface area (Å²) in [7, 11) is 0. The Morgan fingerprint density at radius 1 is 0.875 bits per heavy atom. The molecule has 0 bridgehead atoms. The molecule has 2 aliphatic rings. The number of carbonyl (C=O) groups excluding carboxylic acids is 4. The predicted octanol–water partition coefficient (Wildman–Crippen LogP) is 4.32. The molecule has 1 N–H and O–H groups in total. The van der Waals surface area contributed by atoms with Gasteiger partial charge in [0, 0.05) is 17.7 Å². The van der Waals surface area contributed by atoms with Crippen molar-refractivity contribution >= 4 is 23.5 Å². The van der Waals surface area contributed by atoms with Crippen molar-refractivity contribution in [2.45, 2.75) is 44.8 Å². The van der Waals surface area contributed by atoms with Crippen LogP contribution in [-0.4, -0.2) is 64.5 Å². The minimum absolute atomic E-state index is 0.0255. The smallest absolute Gasteiger partial charge is 0.254 e. The Kier molecular flexibility index (Phi) is 7.96. The first-order valence-corrected chi connectivity index (χ1v) is 13.6. The van der Waals surface area contributed by atoms with Gasteiger partial charge < -0.3 is 19.9 Å². The molecule has 3 atom stereocenters. The summed E-state index contributed by atoms with van der Waals surface area (Å²) in [6.07, 6.45) is 0.932. The summed E-state index contributed by atoms with van der Waals surface area (Å²) in [5, 5.41) is 2.91. The molecule has 0 spiro atoms. The lowest BCUT2D eigenvalue weighted by Crippen LogP contribution is -2.53. The predicted molar refractivity (Wildman–Crippen MR) is 150 cm³/mol. The van der Waals surface area contributed by atoms with Crippen LogP contribution in [0, 0.1) is 5.92 Å². The summed E-state index contributed by atoms with van der Waals surface area (Å²) in [6.45, 7) is 4.29. The van der Waals surface area contributed by atoms with E-state index >= 15 is 0 Å². The monoisotopic (exact) mass is 539 g/mol. The molecule has 2 fully saturated rings. The molecule has 8 nitrogen and oxygen atoms in total. The molecule has 0 saturated carbocycles. The van der Waals surface area contributed by atoms with E-state index in [2.05, 4.69) is 5.32 Å². The number of amides is 3. The van der Waals surface area contributed by atoms with Gasteiger partial charge in [-0.05, 0) is 61.2 Å². The first-order chi connectivity index (χ1) is 19.3. The fourth-order valence-corrected chi connectivity index (χ4v) is 5.55. The third-order valence-corrected chi connectivity index (χ3v) is 7.37. The standard InChI is InChI=1S/C32H33N3O5/c1-21(2)18-26(33-30(37)23-12-9-15-25(19-23)40-24-13-7-4-8-14-24)32(39)34-17-16-27-29(34)28(36)20-35(27)31(38)22-10-5-3-6-11-22/h3-15,19,21,26-27,29H,16-18,20H2,1-2H3,(H,33,37). The highest BCUT2D eigenvalue weighted by atomic mass is 16.5. The second-order valence-electron chi connectivity index (χ2n) is 10.7. The van der Waals surface area contributed by atoms with Gasteiger partial charge in [0.25, 0.3) is 11.8 Å². The van der Waals surface area contributed by atoms with Crippen LogP contribution in [0.15, 0.2) is 84.9 Å². The fraction of sp³-hybridized carbons (Fsp3) is 0.312. The van der Waals surface area contributed by atoms with Crippen LogP contribution in [0.1, 0.15) is 47.4 Å². The van der Waals surface area contributed by atoms with Gasteiger partial charge >= 0.3 is 0 Å². The molecule has 0 radical (unpaired) electrons. The highest BCUT2D eigenvalue weighted by Crippen LogP contribution is 2.32. The summed E-state index contributed by atoms with van der Waals surface area (Å²) in [5.74, 6) is 0.224. The number of likely N-dealkylation sites (tertiary alicyclic amines) is 2. The maximum atomic E-state index is 13.8. The number of ketones is 1. The van der Waals surface area contributed by atoms with Gasteiger partial charge in [-0.15, -0.1) is 0 Å². The van der Waals surface area contributed by atoms with Gasteiger partial charge in [-0.3, -0.25) is 19.2 Å². The first-order valence-electron chi connectivity index (χ1n) is 13.6. The number of ether oxygens (including phenoxy) is 1. The minimum atomic E-state index is -0.809. The van der Waals surface area contributed by atoms with Crippen molar-refractivity contribution in [3.8, 4) is 11.5 Å². The quantitative estimate of drug-likeness (QED) is 0.460. The zero-order valence-electron chi connectivity index (χ0n) is 22.7. The average molecular weight is 540 g/mol. The summed E-state index contributed by atoms with van der Waals surface area (Å²) in [4.78, 5) is 56.5. The Morgan fingerprint density at radius 2 is 1.52 bits per heavy atom. The molecule has 206 valence electrons. The van der Waals surface area contributed by atoms with E-state index in [-0.39, 0.29) is 36.1 Å². The first kappa shape index (κ1) is 27.1. The molecule has 5 rings (SSSR count). The number of hydrogen-bond donors (Lipinski definition) is 1. The number of nitrogens with zero attached hydrogens (tertiary/aromatic N) is 2. The van der Waals surface area contributed by atoms with Gasteiger partial charge in [-0.2, -0.15) is 0 Å². The van der Waals surface area contributed by atoms with Crippen molar-refractivity contribution in [2.75, 3.05) is 13.1 Å². The highest BCUT2D eigenvalue weighted by molar-refractivity contribution is 6.03. The number of benzene rings is 3. The molecule has 3 amide bonds. The Hall–Kier alpha value is -4.46.